The van der Waals surface area contributed by atoms with E-state index in [0.717, 1.165) is 6.42 Å². The van der Waals surface area contributed by atoms with Crippen molar-refractivity contribution in [1.82, 2.24) is 0 Å². The first kappa shape index (κ1) is 6.87. The van der Waals surface area contributed by atoms with Crippen LogP contribution in [0.1, 0.15) is 5.56 Å². The van der Waals surface area contributed by atoms with Crippen LogP contribution < -0.4 is 5.73 Å². The Hall–Kier alpha value is -1.24. The molecule has 0 fully saturated rings. The summed E-state index contributed by atoms with van der Waals surface area (Å²) in [6.45, 7) is 0. The fraction of sp³-hybridized carbons (Fsp3) is 0.111. The summed E-state index contributed by atoms with van der Waals surface area (Å²) in [7, 11) is 0. The number of hydrogen-bond donors (Lipinski definition) is 1. The summed E-state index contributed by atoms with van der Waals surface area (Å²) in [5.74, 6) is 0. The number of nitrogens with two attached hydrogens (primary N) is 1. The quantitative estimate of drug-likeness (QED) is 0.653. The minimum absolute atomic E-state index is 0.928. The summed E-state index contributed by atoms with van der Waals surface area (Å²) in [5, 5.41) is 0. The van der Waals surface area contributed by atoms with E-state index < -0.39 is 0 Å². The van der Waals surface area contributed by atoms with Crippen LogP contribution in [0, 0.1) is 0 Å². The molecule has 1 aromatic carbocycles. The second-order valence-corrected chi connectivity index (χ2v) is 2.12. The van der Waals surface area contributed by atoms with Gasteiger partial charge in [-0.25, -0.2) is 0 Å². The van der Waals surface area contributed by atoms with Crippen LogP contribution in [-0.4, -0.2) is 0 Å². The molecule has 0 radical (unpaired) electrons. The standard InChI is InChI=1S/C9H11N/c10-8-4-7-9-5-2-1-3-6-9/h1-6,8H,7,10H2/b8-4+. The van der Waals surface area contributed by atoms with Gasteiger partial charge in [-0.3, -0.25) is 0 Å². The molecule has 1 heteroatoms. The zero-order valence-corrected chi connectivity index (χ0v) is 5.83. The highest BCUT2D eigenvalue weighted by atomic mass is 14.5. The Morgan fingerprint density at radius 1 is 1.20 bits per heavy atom. The molecular weight excluding hydrogens is 122 g/mol. The third-order valence-corrected chi connectivity index (χ3v) is 1.33. The van der Waals surface area contributed by atoms with Crippen LogP contribution in [0.4, 0.5) is 0 Å². The van der Waals surface area contributed by atoms with E-state index in [4.69, 9.17) is 5.73 Å². The lowest BCUT2D eigenvalue weighted by Gasteiger charge is -1.91. The smallest absolute Gasteiger partial charge is 0.00803 e. The number of rotatable bonds is 2. The minimum atomic E-state index is 0.928. The van der Waals surface area contributed by atoms with E-state index >= 15 is 0 Å². The number of allylic oxidation sites excluding steroid dienone is 1. The largest absolute Gasteiger partial charge is 0.405 e. The monoisotopic (exact) mass is 133 g/mol. The van der Waals surface area contributed by atoms with Crippen molar-refractivity contribution in [1.29, 1.82) is 0 Å². The molecule has 0 heterocycles. The van der Waals surface area contributed by atoms with Gasteiger partial charge in [0.1, 0.15) is 0 Å². The van der Waals surface area contributed by atoms with Gasteiger partial charge in [-0.1, -0.05) is 36.4 Å². The van der Waals surface area contributed by atoms with Crippen molar-refractivity contribution in [3.8, 4) is 0 Å². The van der Waals surface area contributed by atoms with Crippen LogP contribution >= 0.6 is 0 Å². The fourth-order valence-corrected chi connectivity index (χ4v) is 0.818. The SMILES string of the molecule is N/C=C/Cc1ccccc1. The molecule has 0 saturated carbocycles. The summed E-state index contributed by atoms with van der Waals surface area (Å²) < 4.78 is 0. The normalized spacial score (nSPS) is 10.4. The first-order chi connectivity index (χ1) is 4.93. The molecule has 0 aliphatic rings. The summed E-state index contributed by atoms with van der Waals surface area (Å²) in [4.78, 5) is 0. The molecule has 0 amide bonds. The van der Waals surface area contributed by atoms with Gasteiger partial charge >= 0.3 is 0 Å². The molecule has 0 unspecified atom stereocenters. The third-order valence-electron chi connectivity index (χ3n) is 1.33. The number of benzene rings is 1. The van der Waals surface area contributed by atoms with Crippen molar-refractivity contribution < 1.29 is 0 Å². The summed E-state index contributed by atoms with van der Waals surface area (Å²) >= 11 is 0. The second-order valence-electron chi connectivity index (χ2n) is 2.12. The molecule has 10 heavy (non-hydrogen) atoms. The van der Waals surface area contributed by atoms with Gasteiger partial charge in [0.05, 0.1) is 0 Å². The first-order valence-electron chi connectivity index (χ1n) is 3.34. The molecule has 0 aromatic heterocycles. The Morgan fingerprint density at radius 2 is 1.90 bits per heavy atom. The molecule has 1 rings (SSSR count). The molecule has 0 aliphatic heterocycles. The van der Waals surface area contributed by atoms with E-state index in [-0.39, 0.29) is 0 Å². The predicted molar refractivity (Wildman–Crippen MR) is 43.5 cm³/mol. The molecule has 1 nitrogen and oxygen atoms in total. The highest BCUT2D eigenvalue weighted by molar-refractivity contribution is 5.17. The van der Waals surface area contributed by atoms with Crippen LogP contribution in [0.5, 0.6) is 0 Å². The Morgan fingerprint density at radius 3 is 2.50 bits per heavy atom. The van der Waals surface area contributed by atoms with Gasteiger partial charge in [-0.05, 0) is 18.2 Å². The second kappa shape index (κ2) is 3.72. The van der Waals surface area contributed by atoms with E-state index in [9.17, 15) is 0 Å². The molecule has 0 aliphatic carbocycles. The lowest BCUT2D eigenvalue weighted by Crippen LogP contribution is -1.81. The van der Waals surface area contributed by atoms with E-state index in [1.165, 1.54) is 5.56 Å². The maximum Gasteiger partial charge on any atom is -0.00803 e. The molecule has 0 saturated heterocycles. The van der Waals surface area contributed by atoms with E-state index in [1.807, 2.05) is 24.3 Å². The van der Waals surface area contributed by atoms with Crippen molar-refractivity contribution in [3.63, 3.8) is 0 Å². The zero-order chi connectivity index (χ0) is 7.23. The minimum Gasteiger partial charge on any atom is -0.405 e. The van der Waals surface area contributed by atoms with Gasteiger partial charge in [0.2, 0.25) is 0 Å². The average Bonchev–Trinajstić information content (AvgIpc) is 2.03. The van der Waals surface area contributed by atoms with Gasteiger partial charge in [0.25, 0.3) is 0 Å². The van der Waals surface area contributed by atoms with Crippen LogP contribution in [0.2, 0.25) is 0 Å². The van der Waals surface area contributed by atoms with Gasteiger partial charge in [0.15, 0.2) is 0 Å². The average molecular weight is 133 g/mol. The summed E-state index contributed by atoms with van der Waals surface area (Å²) in [6, 6.07) is 10.2. The Kier molecular flexibility index (Phi) is 2.56. The zero-order valence-electron chi connectivity index (χ0n) is 5.83. The maximum absolute atomic E-state index is 5.20. The van der Waals surface area contributed by atoms with E-state index in [1.54, 1.807) is 6.20 Å². The van der Waals surface area contributed by atoms with Crippen LogP contribution in [0.3, 0.4) is 0 Å². The van der Waals surface area contributed by atoms with E-state index in [0.29, 0.717) is 0 Å². The Balaban J connectivity index is 2.59. The van der Waals surface area contributed by atoms with Crippen molar-refractivity contribution >= 4 is 0 Å². The van der Waals surface area contributed by atoms with Crippen molar-refractivity contribution in [3.05, 3.63) is 48.2 Å². The highest BCUT2D eigenvalue weighted by Gasteiger charge is 1.83. The van der Waals surface area contributed by atoms with Gasteiger partial charge in [-0.2, -0.15) is 0 Å². The molecule has 1 aromatic rings. The van der Waals surface area contributed by atoms with Gasteiger partial charge < -0.3 is 5.73 Å². The topological polar surface area (TPSA) is 26.0 Å². The predicted octanol–water partition coefficient (Wildman–Crippen LogP) is 1.70. The maximum atomic E-state index is 5.20. The first-order valence-corrected chi connectivity index (χ1v) is 3.34. The molecule has 0 bridgehead atoms. The Bertz CT molecular complexity index is 201. The molecule has 2 N–H and O–H groups in total. The molecule has 0 spiro atoms. The fourth-order valence-electron chi connectivity index (χ4n) is 0.818. The van der Waals surface area contributed by atoms with Gasteiger partial charge in [0, 0.05) is 0 Å². The van der Waals surface area contributed by atoms with Crippen molar-refractivity contribution in [2.24, 2.45) is 5.73 Å². The summed E-state index contributed by atoms with van der Waals surface area (Å²) in [6.07, 6.45) is 4.44. The Labute approximate surface area is 61.2 Å². The van der Waals surface area contributed by atoms with Gasteiger partial charge in [-0.15, -0.1) is 0 Å². The molecule has 52 valence electrons. The lowest BCUT2D eigenvalue weighted by atomic mass is 10.1. The highest BCUT2D eigenvalue weighted by Crippen LogP contribution is 1.98. The van der Waals surface area contributed by atoms with E-state index in [2.05, 4.69) is 12.1 Å². The van der Waals surface area contributed by atoms with Crippen LogP contribution in [0.15, 0.2) is 42.6 Å². The molecule has 0 atom stereocenters. The lowest BCUT2D eigenvalue weighted by molar-refractivity contribution is 1.26. The van der Waals surface area contributed by atoms with Crippen LogP contribution in [0.25, 0.3) is 0 Å². The third kappa shape index (κ3) is 1.94. The van der Waals surface area contributed by atoms with Crippen molar-refractivity contribution in [2.45, 2.75) is 6.42 Å². The van der Waals surface area contributed by atoms with Crippen molar-refractivity contribution in [2.75, 3.05) is 0 Å². The van der Waals surface area contributed by atoms with Crippen LogP contribution in [-0.2, 0) is 6.42 Å². The summed E-state index contributed by atoms with van der Waals surface area (Å²) in [5.41, 5.74) is 6.49. The number of hydrogen-bond acceptors (Lipinski definition) is 1. The molecular formula is C9H11N.